The van der Waals surface area contributed by atoms with Crippen molar-refractivity contribution in [2.24, 2.45) is 0 Å². The number of anilines is 1. The van der Waals surface area contributed by atoms with Crippen LogP contribution in [0.3, 0.4) is 0 Å². The van der Waals surface area contributed by atoms with Crippen LogP contribution in [0.1, 0.15) is 38.3 Å². The molecule has 0 heterocycles. The third-order valence-corrected chi connectivity index (χ3v) is 8.50. The molecule has 0 fully saturated rings. The average molecular weight is 567 g/mol. The van der Waals surface area contributed by atoms with E-state index < -0.39 is 33.4 Å². The fourth-order valence-electron chi connectivity index (χ4n) is 4.03. The van der Waals surface area contributed by atoms with Crippen molar-refractivity contribution in [3.05, 3.63) is 100 Å². The van der Waals surface area contributed by atoms with E-state index in [0.29, 0.717) is 6.42 Å². The second kappa shape index (κ2) is 13.2. The number of carbonyl (C=O) groups excluding carboxylic acids is 2. The zero-order valence-electron chi connectivity index (χ0n) is 23.0. The number of aryl methyl sites for hydroxylation is 1. The Morgan fingerprint density at radius 1 is 0.975 bits per heavy atom. The zero-order chi connectivity index (χ0) is 29.4. The van der Waals surface area contributed by atoms with E-state index in [1.807, 2.05) is 45.0 Å². The predicted molar refractivity (Wildman–Crippen MR) is 153 cm³/mol. The molecule has 0 aromatic heterocycles. The zero-order valence-corrected chi connectivity index (χ0v) is 23.8. The van der Waals surface area contributed by atoms with E-state index in [0.717, 1.165) is 21.5 Å². The first-order valence-corrected chi connectivity index (χ1v) is 14.4. The molecule has 40 heavy (non-hydrogen) atoms. The Morgan fingerprint density at radius 3 is 2.25 bits per heavy atom. The van der Waals surface area contributed by atoms with E-state index in [2.05, 4.69) is 5.32 Å². The summed E-state index contributed by atoms with van der Waals surface area (Å²) in [4.78, 5) is 39.1. The number of amides is 2. The normalized spacial score (nSPS) is 12.7. The van der Waals surface area contributed by atoms with E-state index >= 15 is 0 Å². The lowest BCUT2D eigenvalue weighted by atomic mass is 10.1. The van der Waals surface area contributed by atoms with Crippen LogP contribution in [0.15, 0.2) is 83.8 Å². The van der Waals surface area contributed by atoms with E-state index in [1.54, 1.807) is 25.1 Å². The van der Waals surface area contributed by atoms with Crippen molar-refractivity contribution < 1.29 is 22.9 Å². The number of nitro benzene ring substituents is 1. The highest BCUT2D eigenvalue weighted by Gasteiger charge is 2.33. The highest BCUT2D eigenvalue weighted by Crippen LogP contribution is 2.27. The summed E-state index contributed by atoms with van der Waals surface area (Å²) in [6.45, 7) is 6.65. The largest absolute Gasteiger partial charge is 0.352 e. The van der Waals surface area contributed by atoms with Crippen LogP contribution in [0.25, 0.3) is 0 Å². The molecule has 2 atom stereocenters. The maximum Gasteiger partial charge on any atom is 0.271 e. The molecule has 2 amide bonds. The van der Waals surface area contributed by atoms with Crippen molar-refractivity contribution in [1.82, 2.24) is 10.2 Å². The van der Waals surface area contributed by atoms with Crippen molar-refractivity contribution in [2.75, 3.05) is 10.8 Å². The molecule has 11 heteroatoms. The second-order valence-corrected chi connectivity index (χ2v) is 11.4. The number of rotatable bonds is 12. The number of nitrogens with zero attached hydrogens (tertiary/aromatic N) is 3. The van der Waals surface area contributed by atoms with Gasteiger partial charge in [0.05, 0.1) is 15.5 Å². The van der Waals surface area contributed by atoms with Crippen molar-refractivity contribution in [2.45, 2.75) is 57.6 Å². The average Bonchev–Trinajstić information content (AvgIpc) is 2.95. The van der Waals surface area contributed by atoms with Crippen molar-refractivity contribution >= 4 is 33.2 Å². The molecule has 0 saturated carbocycles. The van der Waals surface area contributed by atoms with Crippen LogP contribution in [-0.2, 0) is 26.2 Å². The van der Waals surface area contributed by atoms with E-state index in [4.69, 9.17) is 0 Å². The summed E-state index contributed by atoms with van der Waals surface area (Å²) < 4.78 is 28.4. The van der Waals surface area contributed by atoms with Gasteiger partial charge in [-0.25, -0.2) is 8.42 Å². The minimum atomic E-state index is -4.31. The fourth-order valence-corrected chi connectivity index (χ4v) is 5.46. The summed E-state index contributed by atoms with van der Waals surface area (Å²) >= 11 is 0. The Labute approximate surface area is 234 Å². The topological polar surface area (TPSA) is 130 Å². The highest BCUT2D eigenvalue weighted by molar-refractivity contribution is 7.92. The lowest BCUT2D eigenvalue weighted by Gasteiger charge is -2.32. The molecule has 3 aromatic carbocycles. The van der Waals surface area contributed by atoms with E-state index in [9.17, 15) is 28.1 Å². The van der Waals surface area contributed by atoms with Gasteiger partial charge in [-0.1, -0.05) is 55.5 Å². The van der Waals surface area contributed by atoms with E-state index in [1.165, 1.54) is 35.2 Å². The van der Waals surface area contributed by atoms with Crippen LogP contribution >= 0.6 is 0 Å². The first-order chi connectivity index (χ1) is 18.9. The minimum Gasteiger partial charge on any atom is -0.352 e. The summed E-state index contributed by atoms with van der Waals surface area (Å²) in [5.41, 5.74) is 1.34. The van der Waals surface area contributed by atoms with Gasteiger partial charge in [0, 0.05) is 24.7 Å². The molecular formula is C29H34N4O6S. The monoisotopic (exact) mass is 566 g/mol. The summed E-state index contributed by atoms with van der Waals surface area (Å²) in [5.74, 6) is -1.01. The van der Waals surface area contributed by atoms with Gasteiger partial charge in [-0.3, -0.25) is 24.0 Å². The highest BCUT2D eigenvalue weighted by atomic mass is 32.2. The molecule has 10 nitrogen and oxygen atoms in total. The summed E-state index contributed by atoms with van der Waals surface area (Å²) in [5, 5.41) is 14.3. The molecule has 3 aromatic rings. The van der Waals surface area contributed by atoms with Gasteiger partial charge in [-0.05, 0) is 56.5 Å². The number of sulfonamides is 1. The SMILES string of the molecule is CC[C@H](C)NC(=O)[C@H](C)N(Cc1ccccc1C)C(=O)CN(c1cccc([N+](=O)[O-])c1)S(=O)(=O)c1ccccc1. The smallest absolute Gasteiger partial charge is 0.271 e. The molecular weight excluding hydrogens is 532 g/mol. The molecule has 0 radical (unpaired) electrons. The van der Waals surface area contributed by atoms with Crippen LogP contribution in [-0.4, -0.2) is 48.7 Å². The Hall–Kier alpha value is -4.25. The number of hydrogen-bond donors (Lipinski definition) is 1. The maximum absolute atomic E-state index is 13.9. The number of hydrogen-bond acceptors (Lipinski definition) is 6. The molecule has 0 spiro atoms. The Bertz CT molecular complexity index is 1460. The Balaban J connectivity index is 2.07. The predicted octanol–water partition coefficient (Wildman–Crippen LogP) is 4.43. The molecule has 0 aliphatic heterocycles. The van der Waals surface area contributed by atoms with Gasteiger partial charge in [-0.15, -0.1) is 0 Å². The lowest BCUT2D eigenvalue weighted by molar-refractivity contribution is -0.384. The summed E-state index contributed by atoms with van der Waals surface area (Å²) in [6.07, 6.45) is 0.695. The Morgan fingerprint density at radius 2 is 1.62 bits per heavy atom. The van der Waals surface area contributed by atoms with Gasteiger partial charge in [0.1, 0.15) is 12.6 Å². The number of nitrogens with one attached hydrogen (secondary N) is 1. The lowest BCUT2D eigenvalue weighted by Crippen LogP contribution is -2.52. The number of non-ortho nitro benzene ring substituents is 1. The molecule has 212 valence electrons. The Kier molecular flexibility index (Phi) is 10.0. The van der Waals surface area contributed by atoms with Gasteiger partial charge in [0.15, 0.2) is 0 Å². The van der Waals surface area contributed by atoms with Crippen molar-refractivity contribution in [1.29, 1.82) is 0 Å². The molecule has 0 aliphatic carbocycles. The standard InChI is InChI=1S/C29H34N4O6S/c1-5-22(3)30-29(35)23(4)31(19-24-13-10-9-12-21(24)2)28(34)20-32(25-14-11-15-26(18-25)33(36)37)40(38,39)27-16-7-6-8-17-27/h6-18,22-23H,5,19-20H2,1-4H3,(H,30,35)/t22-,23-/m0/s1. The molecule has 3 rings (SSSR count). The third kappa shape index (κ3) is 7.23. The van der Waals surface area contributed by atoms with Gasteiger partial charge >= 0.3 is 0 Å². The van der Waals surface area contributed by atoms with Crippen LogP contribution < -0.4 is 9.62 Å². The fraction of sp³-hybridized carbons (Fsp3) is 0.310. The number of nitro groups is 1. The molecule has 0 bridgehead atoms. The second-order valence-electron chi connectivity index (χ2n) is 9.54. The van der Waals surface area contributed by atoms with Crippen molar-refractivity contribution in [3.63, 3.8) is 0 Å². The van der Waals surface area contributed by atoms with Crippen LogP contribution in [0, 0.1) is 17.0 Å². The van der Waals surface area contributed by atoms with E-state index in [-0.39, 0.29) is 34.8 Å². The third-order valence-electron chi connectivity index (χ3n) is 6.71. The first kappa shape index (κ1) is 30.3. The number of carbonyl (C=O) groups is 2. The van der Waals surface area contributed by atoms with Crippen LogP contribution in [0.5, 0.6) is 0 Å². The quantitative estimate of drug-likeness (QED) is 0.255. The molecule has 0 unspecified atom stereocenters. The van der Waals surface area contributed by atoms with Gasteiger partial charge < -0.3 is 10.2 Å². The minimum absolute atomic E-state index is 0.0426. The molecule has 0 saturated heterocycles. The maximum atomic E-state index is 13.9. The molecule has 1 N–H and O–H groups in total. The van der Waals surface area contributed by atoms with Gasteiger partial charge in [0.25, 0.3) is 15.7 Å². The number of benzene rings is 3. The van der Waals surface area contributed by atoms with Crippen molar-refractivity contribution in [3.8, 4) is 0 Å². The van der Waals surface area contributed by atoms with Gasteiger partial charge in [0.2, 0.25) is 11.8 Å². The summed E-state index contributed by atoms with van der Waals surface area (Å²) in [6, 6.07) is 19.0. The first-order valence-electron chi connectivity index (χ1n) is 12.9. The van der Waals surface area contributed by atoms with Crippen LogP contribution in [0.2, 0.25) is 0 Å². The molecule has 0 aliphatic rings. The van der Waals surface area contributed by atoms with Crippen LogP contribution in [0.4, 0.5) is 11.4 Å². The summed E-state index contributed by atoms with van der Waals surface area (Å²) in [7, 11) is -4.31. The van der Waals surface area contributed by atoms with Gasteiger partial charge in [-0.2, -0.15) is 0 Å².